The van der Waals surface area contributed by atoms with Crippen molar-refractivity contribution in [2.75, 3.05) is 0 Å². The lowest BCUT2D eigenvalue weighted by atomic mass is 10.1. The molecule has 0 saturated carbocycles. The van der Waals surface area contributed by atoms with E-state index in [0.29, 0.717) is 0 Å². The molecule has 0 aromatic heterocycles. The molecule has 0 radical (unpaired) electrons. The van der Waals surface area contributed by atoms with Crippen LogP contribution in [0.5, 0.6) is 0 Å². The minimum atomic E-state index is -3.95. The van der Waals surface area contributed by atoms with Crippen LogP contribution in [-0.4, -0.2) is 8.42 Å². The summed E-state index contributed by atoms with van der Waals surface area (Å²) >= 11 is 0. The van der Waals surface area contributed by atoms with Crippen molar-refractivity contribution in [3.8, 4) is 0 Å². The Hall–Kier alpha value is -1.23. The first-order valence-corrected chi connectivity index (χ1v) is 5.79. The molecule has 5 heteroatoms. The zero-order valence-corrected chi connectivity index (χ0v) is 8.25. The highest BCUT2D eigenvalue weighted by Crippen LogP contribution is 2.28. The Bertz CT molecular complexity index is 479. The standard InChI is InChI=1S/C9H9NO3S/c11-10-14(12,13)9-6-2-4-7-3-1-5-8(7)9/h2,4,6H,1,3,5H2. The summed E-state index contributed by atoms with van der Waals surface area (Å²) < 4.78 is 24.8. The van der Waals surface area contributed by atoms with E-state index in [9.17, 15) is 13.3 Å². The Morgan fingerprint density at radius 2 is 2.00 bits per heavy atom. The molecular formula is C9H9NO3S. The first-order valence-electron chi connectivity index (χ1n) is 4.35. The van der Waals surface area contributed by atoms with Gasteiger partial charge < -0.3 is 0 Å². The highest BCUT2D eigenvalue weighted by molar-refractivity contribution is 7.90. The average molecular weight is 211 g/mol. The smallest absolute Gasteiger partial charge is 0.196 e. The zero-order valence-electron chi connectivity index (χ0n) is 7.43. The quantitative estimate of drug-likeness (QED) is 0.698. The van der Waals surface area contributed by atoms with E-state index in [1.807, 2.05) is 6.07 Å². The van der Waals surface area contributed by atoms with Crippen molar-refractivity contribution in [2.45, 2.75) is 24.2 Å². The van der Waals surface area contributed by atoms with Crippen molar-refractivity contribution in [3.63, 3.8) is 0 Å². The van der Waals surface area contributed by atoms with Crippen LogP contribution < -0.4 is 0 Å². The van der Waals surface area contributed by atoms with Crippen LogP contribution in [0.1, 0.15) is 17.5 Å². The van der Waals surface area contributed by atoms with Crippen molar-refractivity contribution in [1.82, 2.24) is 0 Å². The molecule has 1 aromatic rings. The van der Waals surface area contributed by atoms with Gasteiger partial charge in [0.25, 0.3) is 0 Å². The van der Waals surface area contributed by atoms with Crippen molar-refractivity contribution < 1.29 is 8.42 Å². The van der Waals surface area contributed by atoms with E-state index < -0.39 is 10.0 Å². The third-order valence-corrected chi connectivity index (χ3v) is 3.61. The van der Waals surface area contributed by atoms with E-state index in [4.69, 9.17) is 0 Å². The van der Waals surface area contributed by atoms with Crippen molar-refractivity contribution in [1.29, 1.82) is 0 Å². The Kier molecular flexibility index (Phi) is 2.11. The summed E-state index contributed by atoms with van der Waals surface area (Å²) in [5, 5.41) is 0. The first kappa shape index (κ1) is 9.33. The normalized spacial score (nSPS) is 15.1. The summed E-state index contributed by atoms with van der Waals surface area (Å²) in [4.78, 5) is 10.3. The number of benzene rings is 1. The fourth-order valence-electron chi connectivity index (χ4n) is 1.87. The number of hydrogen-bond acceptors (Lipinski definition) is 3. The number of aryl methyl sites for hydroxylation is 1. The lowest BCUT2D eigenvalue weighted by molar-refractivity contribution is 0.596. The van der Waals surface area contributed by atoms with Gasteiger partial charge in [0.15, 0.2) is 0 Å². The number of hydrogen-bond donors (Lipinski definition) is 0. The van der Waals surface area contributed by atoms with Gasteiger partial charge in [-0.15, -0.1) is 4.91 Å². The van der Waals surface area contributed by atoms with Crippen LogP contribution in [-0.2, 0) is 22.9 Å². The van der Waals surface area contributed by atoms with Crippen molar-refractivity contribution >= 4 is 10.0 Å². The summed E-state index contributed by atoms with van der Waals surface area (Å²) in [5.74, 6) is 0. The van der Waals surface area contributed by atoms with Crippen LogP contribution in [0.25, 0.3) is 0 Å². The number of nitrogens with zero attached hydrogens (tertiary/aromatic N) is 1. The molecule has 0 heterocycles. The molecule has 14 heavy (non-hydrogen) atoms. The average Bonchev–Trinajstić information content (AvgIpc) is 2.64. The van der Waals surface area contributed by atoms with E-state index in [2.05, 4.69) is 4.58 Å². The molecule has 74 valence electrons. The van der Waals surface area contributed by atoms with Crippen LogP contribution in [0, 0.1) is 4.91 Å². The Morgan fingerprint density at radius 1 is 1.21 bits per heavy atom. The molecule has 2 rings (SSSR count). The molecule has 0 unspecified atom stereocenters. The molecule has 0 atom stereocenters. The van der Waals surface area contributed by atoms with Gasteiger partial charge in [0.2, 0.25) is 0 Å². The predicted molar refractivity (Wildman–Crippen MR) is 51.4 cm³/mol. The monoisotopic (exact) mass is 211 g/mol. The van der Waals surface area contributed by atoms with E-state index in [1.165, 1.54) is 6.07 Å². The Balaban J connectivity index is 2.67. The van der Waals surface area contributed by atoms with Crippen LogP contribution >= 0.6 is 0 Å². The predicted octanol–water partition coefficient (Wildman–Crippen LogP) is 1.63. The van der Waals surface area contributed by atoms with Gasteiger partial charge in [0, 0.05) is 0 Å². The molecule has 1 aliphatic carbocycles. The second-order valence-electron chi connectivity index (χ2n) is 3.30. The van der Waals surface area contributed by atoms with Crippen LogP contribution in [0.15, 0.2) is 27.7 Å². The summed E-state index contributed by atoms with van der Waals surface area (Å²) in [6, 6.07) is 5.00. The lowest BCUT2D eigenvalue weighted by Crippen LogP contribution is -2.00. The summed E-state index contributed by atoms with van der Waals surface area (Å²) in [7, 11) is -3.95. The molecular weight excluding hydrogens is 202 g/mol. The highest BCUT2D eigenvalue weighted by Gasteiger charge is 2.23. The van der Waals surface area contributed by atoms with Gasteiger partial charge in [-0.2, -0.15) is 8.42 Å². The molecule has 0 N–H and O–H groups in total. The fourth-order valence-corrected chi connectivity index (χ4v) is 2.74. The van der Waals surface area contributed by atoms with E-state index in [-0.39, 0.29) is 4.90 Å². The Labute approximate surface area is 82.0 Å². The maximum Gasteiger partial charge on any atom is 0.317 e. The zero-order chi connectivity index (χ0) is 10.2. The number of fused-ring (bicyclic) bond motifs is 1. The number of rotatable bonds is 2. The van der Waals surface area contributed by atoms with E-state index >= 15 is 0 Å². The highest BCUT2D eigenvalue weighted by atomic mass is 32.2. The fraction of sp³-hybridized carbons (Fsp3) is 0.333. The van der Waals surface area contributed by atoms with E-state index in [0.717, 1.165) is 30.4 Å². The molecule has 1 aromatic carbocycles. The molecule has 0 spiro atoms. The van der Waals surface area contributed by atoms with Crippen LogP contribution in [0.3, 0.4) is 0 Å². The van der Waals surface area contributed by atoms with Gasteiger partial charge in [0.1, 0.15) is 0 Å². The number of nitroso groups, excluding NO2 is 1. The Morgan fingerprint density at radius 3 is 2.71 bits per heavy atom. The second kappa shape index (κ2) is 3.16. The SMILES string of the molecule is O=NS(=O)(=O)c1cccc2c1CCC2. The van der Waals surface area contributed by atoms with Gasteiger partial charge >= 0.3 is 10.0 Å². The van der Waals surface area contributed by atoms with Crippen LogP contribution in [0.2, 0.25) is 0 Å². The molecule has 0 aliphatic heterocycles. The minimum Gasteiger partial charge on any atom is -0.196 e. The minimum absolute atomic E-state index is 0.0856. The largest absolute Gasteiger partial charge is 0.317 e. The molecule has 0 saturated heterocycles. The lowest BCUT2D eigenvalue weighted by Gasteiger charge is -2.03. The van der Waals surface area contributed by atoms with Gasteiger partial charge in [-0.05, 0) is 36.5 Å². The summed E-state index contributed by atoms with van der Waals surface area (Å²) in [6.45, 7) is 0. The molecule has 4 nitrogen and oxygen atoms in total. The van der Waals surface area contributed by atoms with Gasteiger partial charge in [0.05, 0.1) is 9.48 Å². The number of sulfonamides is 1. The maximum atomic E-state index is 11.3. The van der Waals surface area contributed by atoms with Crippen LogP contribution in [0.4, 0.5) is 0 Å². The summed E-state index contributed by atoms with van der Waals surface area (Å²) in [5.41, 5.74) is 1.79. The van der Waals surface area contributed by atoms with Crippen molar-refractivity contribution in [2.24, 2.45) is 4.58 Å². The molecule has 1 aliphatic rings. The molecule has 0 bridgehead atoms. The maximum absolute atomic E-state index is 11.3. The second-order valence-corrected chi connectivity index (χ2v) is 4.84. The third kappa shape index (κ3) is 1.33. The topological polar surface area (TPSA) is 63.6 Å². The van der Waals surface area contributed by atoms with Gasteiger partial charge in [-0.3, -0.25) is 0 Å². The van der Waals surface area contributed by atoms with Gasteiger partial charge in [-0.25, -0.2) is 0 Å². The third-order valence-electron chi connectivity index (χ3n) is 2.48. The van der Waals surface area contributed by atoms with E-state index in [1.54, 1.807) is 6.07 Å². The molecule has 0 amide bonds. The first-order chi connectivity index (χ1) is 6.65. The summed E-state index contributed by atoms with van der Waals surface area (Å²) in [6.07, 6.45) is 2.55. The van der Waals surface area contributed by atoms with Crippen molar-refractivity contribution in [3.05, 3.63) is 34.2 Å². The molecule has 0 fully saturated rings. The van der Waals surface area contributed by atoms with Gasteiger partial charge in [-0.1, -0.05) is 12.1 Å².